The van der Waals surface area contributed by atoms with E-state index in [4.69, 9.17) is 10.5 Å². The third-order valence-corrected chi connectivity index (χ3v) is 2.75. The molecule has 1 aromatic rings. The Bertz CT molecular complexity index is 463. The van der Waals surface area contributed by atoms with Crippen LogP contribution in [-0.4, -0.2) is 25.6 Å². The molecule has 0 unspecified atom stereocenters. The molecule has 1 aromatic carbocycles. The van der Waals surface area contributed by atoms with Crippen molar-refractivity contribution in [3.8, 4) is 5.75 Å². The van der Waals surface area contributed by atoms with Gasteiger partial charge in [-0.2, -0.15) is 8.78 Å². The maximum Gasteiger partial charge on any atom is 0.379 e. The van der Waals surface area contributed by atoms with E-state index >= 15 is 0 Å². The Hall–Kier alpha value is -1.69. The van der Waals surface area contributed by atoms with Crippen LogP contribution in [0.5, 0.6) is 5.75 Å². The molecule has 106 valence electrons. The van der Waals surface area contributed by atoms with E-state index in [9.17, 15) is 13.6 Å². The first-order valence-corrected chi connectivity index (χ1v) is 5.79. The number of hydrogen-bond acceptors (Lipinski definition) is 4. The lowest BCUT2D eigenvalue weighted by Crippen LogP contribution is -2.42. The number of aryl methyl sites for hydroxylation is 1. The number of rotatable bonds is 5. The van der Waals surface area contributed by atoms with Crippen LogP contribution in [0.3, 0.4) is 0 Å². The monoisotopic (exact) mass is 273 g/mol. The summed E-state index contributed by atoms with van der Waals surface area (Å²) in [5.41, 5.74) is 6.21. The van der Waals surface area contributed by atoms with Crippen LogP contribution in [0, 0.1) is 6.92 Å². The van der Waals surface area contributed by atoms with Crippen molar-refractivity contribution in [2.45, 2.75) is 25.8 Å². The van der Waals surface area contributed by atoms with E-state index in [2.05, 4.69) is 4.74 Å². The average molecular weight is 273 g/mol. The lowest BCUT2D eigenvalue weighted by Gasteiger charge is -2.23. The normalized spacial score (nSPS) is 12.9. The van der Waals surface area contributed by atoms with E-state index in [0.717, 1.165) is 0 Å². The minimum absolute atomic E-state index is 0.122. The van der Waals surface area contributed by atoms with Gasteiger partial charge in [-0.05, 0) is 37.1 Å². The summed E-state index contributed by atoms with van der Waals surface area (Å²) in [5.74, 6) is -4.85. The van der Waals surface area contributed by atoms with Gasteiger partial charge >= 0.3 is 11.9 Å². The number of halogens is 2. The zero-order valence-corrected chi connectivity index (χ0v) is 11.1. The van der Waals surface area contributed by atoms with Gasteiger partial charge in [0.25, 0.3) is 0 Å². The van der Waals surface area contributed by atoms with Crippen LogP contribution in [-0.2, 0) is 9.53 Å². The summed E-state index contributed by atoms with van der Waals surface area (Å²) in [5, 5.41) is 0. The highest BCUT2D eigenvalue weighted by molar-refractivity contribution is 5.79. The topological polar surface area (TPSA) is 61.5 Å². The molecule has 6 heteroatoms. The van der Waals surface area contributed by atoms with Crippen molar-refractivity contribution in [3.05, 3.63) is 29.3 Å². The second-order valence-electron chi connectivity index (χ2n) is 4.04. The van der Waals surface area contributed by atoms with E-state index in [0.29, 0.717) is 11.3 Å². The maximum atomic E-state index is 13.8. The highest BCUT2D eigenvalue weighted by Gasteiger charge is 2.48. The highest BCUT2D eigenvalue weighted by Crippen LogP contribution is 2.33. The first kappa shape index (κ1) is 15.4. The van der Waals surface area contributed by atoms with Crippen LogP contribution in [0.15, 0.2) is 18.2 Å². The number of methoxy groups -OCH3 is 1. The van der Waals surface area contributed by atoms with Crippen LogP contribution < -0.4 is 10.5 Å². The van der Waals surface area contributed by atoms with Crippen molar-refractivity contribution in [2.75, 3.05) is 13.7 Å². The predicted octanol–water partition coefficient (Wildman–Crippen LogP) is 2.20. The van der Waals surface area contributed by atoms with E-state index in [1.807, 2.05) is 0 Å². The Morgan fingerprint density at radius 3 is 2.58 bits per heavy atom. The van der Waals surface area contributed by atoms with Gasteiger partial charge in [-0.25, -0.2) is 4.79 Å². The first-order chi connectivity index (χ1) is 8.84. The molecule has 0 aromatic heterocycles. The molecule has 19 heavy (non-hydrogen) atoms. The molecule has 1 atom stereocenters. The Morgan fingerprint density at radius 1 is 1.47 bits per heavy atom. The maximum absolute atomic E-state index is 13.8. The SMILES string of the molecule is CCOC(=O)C(F)(F)[C@@H](N)c1ccc(OC)cc1C. The van der Waals surface area contributed by atoms with Crippen LogP contribution in [0.25, 0.3) is 0 Å². The Balaban J connectivity index is 3.05. The van der Waals surface area contributed by atoms with Gasteiger partial charge < -0.3 is 15.2 Å². The summed E-state index contributed by atoms with van der Waals surface area (Å²) < 4.78 is 37.0. The number of hydrogen-bond donors (Lipinski definition) is 1. The molecule has 0 spiro atoms. The molecule has 0 heterocycles. The molecule has 2 N–H and O–H groups in total. The van der Waals surface area contributed by atoms with Crippen molar-refractivity contribution >= 4 is 5.97 Å². The number of nitrogens with two attached hydrogens (primary N) is 1. The van der Waals surface area contributed by atoms with Crippen LogP contribution in [0.2, 0.25) is 0 Å². The van der Waals surface area contributed by atoms with Gasteiger partial charge in [0.2, 0.25) is 0 Å². The van der Waals surface area contributed by atoms with E-state index < -0.39 is 17.9 Å². The largest absolute Gasteiger partial charge is 0.497 e. The van der Waals surface area contributed by atoms with Gasteiger partial charge in [0, 0.05) is 0 Å². The third kappa shape index (κ3) is 3.20. The second-order valence-corrected chi connectivity index (χ2v) is 4.04. The molecular weight excluding hydrogens is 256 g/mol. The quantitative estimate of drug-likeness (QED) is 0.835. The predicted molar refractivity (Wildman–Crippen MR) is 66.2 cm³/mol. The minimum atomic E-state index is -3.77. The average Bonchev–Trinajstić information content (AvgIpc) is 2.37. The van der Waals surface area contributed by atoms with Gasteiger partial charge in [0.15, 0.2) is 0 Å². The van der Waals surface area contributed by atoms with Crippen LogP contribution in [0.1, 0.15) is 24.1 Å². The molecule has 4 nitrogen and oxygen atoms in total. The van der Waals surface area contributed by atoms with Gasteiger partial charge in [0.1, 0.15) is 11.8 Å². The number of benzene rings is 1. The molecule has 0 aliphatic rings. The molecule has 0 saturated carbocycles. The van der Waals surface area contributed by atoms with E-state index in [1.54, 1.807) is 13.0 Å². The molecule has 0 aliphatic heterocycles. The number of alkyl halides is 2. The fourth-order valence-corrected chi connectivity index (χ4v) is 1.67. The number of esters is 1. The smallest absolute Gasteiger partial charge is 0.379 e. The standard InChI is InChI=1S/C13H17F2NO3/c1-4-19-12(17)13(14,15)11(16)10-6-5-9(18-3)7-8(10)2/h5-7,11H,4,16H2,1-3H3/t11-/m0/s1. The summed E-state index contributed by atoms with van der Waals surface area (Å²) >= 11 is 0. The van der Waals surface area contributed by atoms with Crippen LogP contribution in [0.4, 0.5) is 8.78 Å². The Labute approximate surface area is 110 Å². The fraction of sp³-hybridized carbons (Fsp3) is 0.462. The Kier molecular flexibility index (Phi) is 4.83. The molecule has 0 bridgehead atoms. The zero-order valence-electron chi connectivity index (χ0n) is 11.1. The van der Waals surface area contributed by atoms with Crippen molar-refractivity contribution in [2.24, 2.45) is 5.73 Å². The van der Waals surface area contributed by atoms with Crippen molar-refractivity contribution in [3.63, 3.8) is 0 Å². The fourth-order valence-electron chi connectivity index (χ4n) is 1.67. The minimum Gasteiger partial charge on any atom is -0.497 e. The summed E-state index contributed by atoms with van der Waals surface area (Å²) in [6.07, 6.45) is 0. The number of carbonyl (C=O) groups is 1. The summed E-state index contributed by atoms with van der Waals surface area (Å²) in [6, 6.07) is 2.77. The summed E-state index contributed by atoms with van der Waals surface area (Å²) in [7, 11) is 1.47. The number of ether oxygens (including phenoxy) is 2. The summed E-state index contributed by atoms with van der Waals surface area (Å²) in [4.78, 5) is 11.2. The molecule has 0 saturated heterocycles. The lowest BCUT2D eigenvalue weighted by molar-refractivity contribution is -0.174. The molecule has 0 fully saturated rings. The van der Waals surface area contributed by atoms with Gasteiger partial charge in [-0.15, -0.1) is 0 Å². The Morgan fingerprint density at radius 2 is 2.11 bits per heavy atom. The molecule has 1 rings (SSSR count). The third-order valence-electron chi connectivity index (χ3n) is 2.75. The summed E-state index contributed by atoms with van der Waals surface area (Å²) in [6.45, 7) is 2.96. The molecule has 0 amide bonds. The van der Waals surface area contributed by atoms with Crippen molar-refractivity contribution in [1.29, 1.82) is 0 Å². The zero-order chi connectivity index (χ0) is 14.6. The highest BCUT2D eigenvalue weighted by atomic mass is 19.3. The van der Waals surface area contributed by atoms with Gasteiger partial charge in [0.05, 0.1) is 13.7 Å². The number of carbonyl (C=O) groups excluding carboxylic acids is 1. The van der Waals surface area contributed by atoms with E-state index in [-0.39, 0.29) is 12.2 Å². The van der Waals surface area contributed by atoms with Gasteiger partial charge in [-0.3, -0.25) is 0 Å². The van der Waals surface area contributed by atoms with Crippen molar-refractivity contribution < 1.29 is 23.0 Å². The van der Waals surface area contributed by atoms with E-state index in [1.165, 1.54) is 26.2 Å². The van der Waals surface area contributed by atoms with Gasteiger partial charge in [-0.1, -0.05) is 6.07 Å². The first-order valence-electron chi connectivity index (χ1n) is 5.79. The van der Waals surface area contributed by atoms with Crippen molar-refractivity contribution in [1.82, 2.24) is 0 Å². The molecular formula is C13H17F2NO3. The molecule has 0 aliphatic carbocycles. The molecule has 0 radical (unpaired) electrons. The lowest BCUT2D eigenvalue weighted by atomic mass is 9.96. The second kappa shape index (κ2) is 5.97. The van der Waals surface area contributed by atoms with Crippen LogP contribution >= 0.6 is 0 Å².